The molecule has 6 heteroatoms. The molecule has 1 N–H and O–H groups in total. The Kier molecular flexibility index (Phi) is 3.81. The van der Waals surface area contributed by atoms with Gasteiger partial charge in [-0.15, -0.1) is 0 Å². The Hall–Kier alpha value is -3.28. The van der Waals surface area contributed by atoms with Gasteiger partial charge in [0.1, 0.15) is 5.82 Å². The van der Waals surface area contributed by atoms with Crippen LogP contribution in [-0.2, 0) is 6.42 Å². The van der Waals surface area contributed by atoms with E-state index in [2.05, 4.69) is 39.5 Å². The van der Waals surface area contributed by atoms with Crippen molar-refractivity contribution in [2.45, 2.75) is 19.8 Å². The van der Waals surface area contributed by atoms with Crippen molar-refractivity contribution in [2.24, 2.45) is 0 Å². The number of hydrogen-bond donors (Lipinski definition) is 1. The number of fused-ring (bicyclic) bond motifs is 2. The van der Waals surface area contributed by atoms with Gasteiger partial charge in [-0.25, -0.2) is 4.98 Å². The topological polar surface area (TPSA) is 59.5 Å². The first-order valence-corrected chi connectivity index (χ1v) is 9.14. The first kappa shape index (κ1) is 15.9. The summed E-state index contributed by atoms with van der Waals surface area (Å²) in [6.07, 6.45) is 2.19. The lowest BCUT2D eigenvalue weighted by Crippen LogP contribution is -2.26. The molecule has 6 nitrogen and oxygen atoms in total. The van der Waals surface area contributed by atoms with Gasteiger partial charge in [0.25, 0.3) is 0 Å². The van der Waals surface area contributed by atoms with Crippen molar-refractivity contribution in [3.8, 4) is 11.5 Å². The van der Waals surface area contributed by atoms with Gasteiger partial charge in [-0.3, -0.25) is 0 Å². The van der Waals surface area contributed by atoms with E-state index in [0.717, 1.165) is 54.0 Å². The molecule has 1 aromatic heterocycles. The molecule has 0 amide bonds. The molecule has 136 valence electrons. The van der Waals surface area contributed by atoms with Crippen LogP contribution < -0.4 is 19.7 Å². The summed E-state index contributed by atoms with van der Waals surface area (Å²) in [5.74, 6) is 3.01. The van der Waals surface area contributed by atoms with Crippen LogP contribution in [0, 0.1) is 6.92 Å². The van der Waals surface area contributed by atoms with E-state index in [4.69, 9.17) is 14.5 Å². The van der Waals surface area contributed by atoms with Crippen LogP contribution in [0.15, 0.2) is 48.5 Å². The number of aromatic nitrogens is 2. The maximum atomic E-state index is 5.46. The molecular formula is C21H20N4O2. The number of nitrogens with one attached hydrogen (secondary N) is 1. The molecule has 3 aromatic rings. The minimum Gasteiger partial charge on any atom is -0.454 e. The number of ether oxygens (including phenoxy) is 2. The molecule has 27 heavy (non-hydrogen) atoms. The fraction of sp³-hybridized carbons (Fsp3) is 0.238. The average Bonchev–Trinajstić information content (AvgIpc) is 3.15. The zero-order valence-corrected chi connectivity index (χ0v) is 15.1. The predicted molar refractivity (Wildman–Crippen MR) is 104 cm³/mol. The van der Waals surface area contributed by atoms with E-state index >= 15 is 0 Å². The third-order valence-electron chi connectivity index (χ3n) is 4.84. The van der Waals surface area contributed by atoms with Crippen molar-refractivity contribution in [3.05, 3.63) is 59.8 Å². The summed E-state index contributed by atoms with van der Waals surface area (Å²) in [5, 5.41) is 3.36. The van der Waals surface area contributed by atoms with E-state index in [9.17, 15) is 0 Å². The highest BCUT2D eigenvalue weighted by Gasteiger charge is 2.21. The molecule has 0 unspecified atom stereocenters. The van der Waals surface area contributed by atoms with Gasteiger partial charge in [-0.05, 0) is 43.5 Å². The van der Waals surface area contributed by atoms with Crippen molar-refractivity contribution in [1.82, 2.24) is 9.97 Å². The fourth-order valence-electron chi connectivity index (χ4n) is 3.60. The Balaban J connectivity index is 1.47. The summed E-state index contributed by atoms with van der Waals surface area (Å²) in [7, 11) is 0. The molecule has 0 aliphatic carbocycles. The molecule has 5 rings (SSSR count). The molecule has 0 spiro atoms. The fourth-order valence-corrected chi connectivity index (χ4v) is 3.60. The number of para-hydroxylation sites is 1. The average molecular weight is 360 g/mol. The predicted octanol–water partition coefficient (Wildman–Crippen LogP) is 4.34. The highest BCUT2D eigenvalue weighted by Crippen LogP contribution is 2.36. The number of hydrogen-bond acceptors (Lipinski definition) is 6. The van der Waals surface area contributed by atoms with Gasteiger partial charge in [-0.1, -0.05) is 18.2 Å². The van der Waals surface area contributed by atoms with Gasteiger partial charge >= 0.3 is 0 Å². The van der Waals surface area contributed by atoms with E-state index in [0.29, 0.717) is 0 Å². The lowest BCUT2D eigenvalue weighted by Gasteiger charge is -2.29. The zero-order valence-electron chi connectivity index (χ0n) is 15.1. The van der Waals surface area contributed by atoms with Gasteiger partial charge in [0.2, 0.25) is 12.7 Å². The van der Waals surface area contributed by atoms with Crippen molar-refractivity contribution in [1.29, 1.82) is 0 Å². The van der Waals surface area contributed by atoms with Gasteiger partial charge in [0.15, 0.2) is 11.5 Å². The largest absolute Gasteiger partial charge is 0.454 e. The zero-order chi connectivity index (χ0) is 18.2. The number of benzene rings is 2. The third-order valence-corrected chi connectivity index (χ3v) is 4.84. The normalized spacial score (nSPS) is 14.8. The molecular weight excluding hydrogens is 340 g/mol. The summed E-state index contributed by atoms with van der Waals surface area (Å²) in [6, 6.07) is 16.2. The minimum atomic E-state index is 0.268. The molecule has 0 atom stereocenters. The molecule has 2 aromatic carbocycles. The first-order chi connectivity index (χ1) is 13.3. The van der Waals surface area contributed by atoms with Crippen LogP contribution in [0.25, 0.3) is 0 Å². The molecule has 0 saturated heterocycles. The molecule has 3 heterocycles. The highest BCUT2D eigenvalue weighted by molar-refractivity contribution is 5.66. The second kappa shape index (κ2) is 6.46. The lowest BCUT2D eigenvalue weighted by molar-refractivity contribution is 0.174. The Labute approximate surface area is 157 Å². The summed E-state index contributed by atoms with van der Waals surface area (Å²) in [4.78, 5) is 11.7. The number of anilines is 4. The van der Waals surface area contributed by atoms with Gasteiger partial charge in [0.05, 0.1) is 0 Å². The Morgan fingerprint density at radius 2 is 1.89 bits per heavy atom. The monoisotopic (exact) mass is 360 g/mol. The standard InChI is InChI=1S/C21H20N4O2/c1-14-11-20(23-16-8-9-18-19(12-16)27-13-26-18)24-21(22-14)25-10-4-6-15-5-2-3-7-17(15)25/h2-3,5,7-9,11-12H,4,6,10,13H2,1H3,(H,22,23,24). The smallest absolute Gasteiger partial charge is 0.232 e. The summed E-state index contributed by atoms with van der Waals surface area (Å²) in [5.41, 5.74) is 4.37. The lowest BCUT2D eigenvalue weighted by atomic mass is 10.0. The molecule has 2 aliphatic rings. The van der Waals surface area contributed by atoms with Crippen molar-refractivity contribution < 1.29 is 9.47 Å². The quantitative estimate of drug-likeness (QED) is 0.750. The maximum Gasteiger partial charge on any atom is 0.232 e. The van der Waals surface area contributed by atoms with Crippen molar-refractivity contribution in [2.75, 3.05) is 23.6 Å². The minimum absolute atomic E-state index is 0.268. The maximum absolute atomic E-state index is 5.46. The van der Waals surface area contributed by atoms with Crippen LogP contribution in [0.2, 0.25) is 0 Å². The van der Waals surface area contributed by atoms with Gasteiger partial charge < -0.3 is 19.7 Å². The summed E-state index contributed by atoms with van der Waals surface area (Å²) >= 11 is 0. The molecule has 0 fully saturated rings. The SMILES string of the molecule is Cc1cc(Nc2ccc3c(c2)OCO3)nc(N2CCCc3ccccc32)n1. The van der Waals surface area contributed by atoms with Crippen LogP contribution in [0.4, 0.5) is 23.1 Å². The van der Waals surface area contributed by atoms with Crippen LogP contribution in [0.1, 0.15) is 17.7 Å². The second-order valence-corrected chi connectivity index (χ2v) is 6.77. The van der Waals surface area contributed by atoms with Crippen molar-refractivity contribution in [3.63, 3.8) is 0 Å². The number of rotatable bonds is 3. The van der Waals surface area contributed by atoms with E-state index in [1.165, 1.54) is 11.3 Å². The summed E-state index contributed by atoms with van der Waals surface area (Å²) < 4.78 is 10.8. The molecule has 2 aliphatic heterocycles. The first-order valence-electron chi connectivity index (χ1n) is 9.14. The summed E-state index contributed by atoms with van der Waals surface area (Å²) in [6.45, 7) is 3.18. The van der Waals surface area contributed by atoms with E-state index in [1.54, 1.807) is 0 Å². The number of nitrogens with zero attached hydrogens (tertiary/aromatic N) is 3. The van der Waals surface area contributed by atoms with Crippen LogP contribution in [-0.4, -0.2) is 23.3 Å². The van der Waals surface area contributed by atoms with Crippen LogP contribution >= 0.6 is 0 Å². The van der Waals surface area contributed by atoms with Crippen molar-refractivity contribution >= 4 is 23.1 Å². The van der Waals surface area contributed by atoms with Gasteiger partial charge in [-0.2, -0.15) is 4.98 Å². The Morgan fingerprint density at radius 3 is 2.85 bits per heavy atom. The van der Waals surface area contributed by atoms with Crippen LogP contribution in [0.5, 0.6) is 11.5 Å². The molecule has 0 saturated carbocycles. The van der Waals surface area contributed by atoms with Crippen LogP contribution in [0.3, 0.4) is 0 Å². The Bertz CT molecular complexity index is 1010. The molecule has 0 bridgehead atoms. The van der Waals surface area contributed by atoms with E-state index < -0.39 is 0 Å². The van der Waals surface area contributed by atoms with Gasteiger partial charge in [0, 0.05) is 35.7 Å². The van der Waals surface area contributed by atoms with E-state index in [1.807, 2.05) is 31.2 Å². The second-order valence-electron chi connectivity index (χ2n) is 6.77. The van der Waals surface area contributed by atoms with E-state index in [-0.39, 0.29) is 6.79 Å². The Morgan fingerprint density at radius 1 is 1.00 bits per heavy atom. The molecule has 0 radical (unpaired) electrons. The number of aryl methyl sites for hydroxylation is 2. The third kappa shape index (κ3) is 3.03. The highest BCUT2D eigenvalue weighted by atomic mass is 16.7.